The van der Waals surface area contributed by atoms with E-state index in [9.17, 15) is 4.39 Å². The maximum atomic E-state index is 13.8. The zero-order valence-electron chi connectivity index (χ0n) is 9.38. The molecule has 1 aliphatic rings. The molecule has 0 spiro atoms. The minimum atomic E-state index is -0.125. The maximum absolute atomic E-state index is 13.8. The van der Waals surface area contributed by atoms with Gasteiger partial charge in [-0.05, 0) is 36.0 Å². The van der Waals surface area contributed by atoms with Gasteiger partial charge in [-0.2, -0.15) is 0 Å². The third-order valence-electron chi connectivity index (χ3n) is 3.39. The Bertz CT molecular complexity index is 348. The fraction of sp³-hybridized carbons (Fsp3) is 0.538. The van der Waals surface area contributed by atoms with Crippen molar-refractivity contribution in [1.82, 2.24) is 5.48 Å². The average molecular weight is 223 g/mol. The van der Waals surface area contributed by atoms with Crippen LogP contribution in [0, 0.1) is 5.82 Å². The van der Waals surface area contributed by atoms with Crippen molar-refractivity contribution in [2.45, 2.75) is 44.6 Å². The molecule has 16 heavy (non-hydrogen) atoms. The molecule has 2 nitrogen and oxygen atoms in total. The van der Waals surface area contributed by atoms with Crippen LogP contribution in [0.4, 0.5) is 4.39 Å². The number of rotatable bonds is 3. The molecule has 1 aromatic rings. The monoisotopic (exact) mass is 223 g/mol. The van der Waals surface area contributed by atoms with Gasteiger partial charge in [0.15, 0.2) is 0 Å². The summed E-state index contributed by atoms with van der Waals surface area (Å²) >= 11 is 0. The SMILES string of the molecule is ONCc1ccc(C2CCCCC2)c(F)c1. The Labute approximate surface area is 95.4 Å². The summed E-state index contributed by atoms with van der Waals surface area (Å²) in [4.78, 5) is 0. The lowest BCUT2D eigenvalue weighted by atomic mass is 9.83. The molecule has 2 N–H and O–H groups in total. The number of nitrogens with one attached hydrogen (secondary N) is 1. The molecule has 0 bridgehead atoms. The summed E-state index contributed by atoms with van der Waals surface area (Å²) < 4.78 is 13.8. The molecule has 0 radical (unpaired) electrons. The van der Waals surface area contributed by atoms with E-state index >= 15 is 0 Å². The predicted molar refractivity (Wildman–Crippen MR) is 60.9 cm³/mol. The first-order valence-corrected chi connectivity index (χ1v) is 5.96. The Morgan fingerprint density at radius 3 is 2.62 bits per heavy atom. The molecule has 1 saturated carbocycles. The van der Waals surface area contributed by atoms with Crippen LogP contribution in [0.3, 0.4) is 0 Å². The van der Waals surface area contributed by atoms with Gasteiger partial charge in [-0.25, -0.2) is 9.87 Å². The third kappa shape index (κ3) is 2.60. The van der Waals surface area contributed by atoms with Crippen molar-refractivity contribution in [2.75, 3.05) is 0 Å². The lowest BCUT2D eigenvalue weighted by Gasteiger charge is -2.22. The molecule has 0 aliphatic heterocycles. The summed E-state index contributed by atoms with van der Waals surface area (Å²) in [5, 5.41) is 8.56. The Morgan fingerprint density at radius 2 is 2.00 bits per heavy atom. The first-order valence-electron chi connectivity index (χ1n) is 5.96. The van der Waals surface area contributed by atoms with Gasteiger partial charge >= 0.3 is 0 Å². The number of halogens is 1. The number of benzene rings is 1. The molecule has 2 rings (SSSR count). The predicted octanol–water partition coefficient (Wildman–Crippen LogP) is 3.35. The van der Waals surface area contributed by atoms with Crippen molar-refractivity contribution >= 4 is 0 Å². The molecule has 0 aromatic heterocycles. The highest BCUT2D eigenvalue weighted by atomic mass is 19.1. The van der Waals surface area contributed by atoms with Crippen LogP contribution in [0.25, 0.3) is 0 Å². The number of hydroxylamine groups is 1. The molecule has 0 saturated heterocycles. The number of hydrogen-bond donors (Lipinski definition) is 2. The summed E-state index contributed by atoms with van der Waals surface area (Å²) in [7, 11) is 0. The first kappa shape index (κ1) is 11.6. The van der Waals surface area contributed by atoms with Crippen molar-refractivity contribution in [1.29, 1.82) is 0 Å². The minimum Gasteiger partial charge on any atom is -0.316 e. The fourth-order valence-corrected chi connectivity index (χ4v) is 2.52. The van der Waals surface area contributed by atoms with Crippen LogP contribution in [-0.2, 0) is 6.54 Å². The molecule has 1 aliphatic carbocycles. The van der Waals surface area contributed by atoms with E-state index in [1.54, 1.807) is 0 Å². The molecule has 0 atom stereocenters. The fourth-order valence-electron chi connectivity index (χ4n) is 2.52. The minimum absolute atomic E-state index is 0.125. The summed E-state index contributed by atoms with van der Waals surface area (Å²) in [6.07, 6.45) is 5.92. The van der Waals surface area contributed by atoms with Crippen molar-refractivity contribution in [2.24, 2.45) is 0 Å². The molecular formula is C13H18FNO. The van der Waals surface area contributed by atoms with Crippen LogP contribution in [0.5, 0.6) is 0 Å². The van der Waals surface area contributed by atoms with Crippen molar-refractivity contribution in [3.8, 4) is 0 Å². The van der Waals surface area contributed by atoms with Gasteiger partial charge in [-0.15, -0.1) is 0 Å². The molecule has 3 heteroatoms. The normalized spacial score (nSPS) is 17.6. The highest BCUT2D eigenvalue weighted by molar-refractivity contribution is 5.27. The van der Waals surface area contributed by atoms with Gasteiger partial charge in [0, 0.05) is 6.54 Å². The van der Waals surface area contributed by atoms with E-state index in [1.807, 2.05) is 17.6 Å². The Hall–Kier alpha value is -0.930. The van der Waals surface area contributed by atoms with E-state index < -0.39 is 0 Å². The van der Waals surface area contributed by atoms with Crippen LogP contribution >= 0.6 is 0 Å². The summed E-state index contributed by atoms with van der Waals surface area (Å²) in [6, 6.07) is 5.28. The standard InChI is InChI=1S/C13H18FNO/c14-13-8-10(9-15-16)6-7-12(13)11-4-2-1-3-5-11/h6-8,11,15-16H,1-5,9H2. The average Bonchev–Trinajstić information content (AvgIpc) is 2.31. The van der Waals surface area contributed by atoms with Crippen LogP contribution in [0.15, 0.2) is 18.2 Å². The molecular weight excluding hydrogens is 205 g/mol. The molecule has 1 aromatic carbocycles. The first-order chi connectivity index (χ1) is 7.81. The lowest BCUT2D eigenvalue weighted by Crippen LogP contribution is -2.09. The summed E-state index contributed by atoms with van der Waals surface area (Å²) in [5.41, 5.74) is 3.67. The van der Waals surface area contributed by atoms with Gasteiger partial charge in [0.25, 0.3) is 0 Å². The Balaban J connectivity index is 2.14. The molecule has 1 fully saturated rings. The van der Waals surface area contributed by atoms with Gasteiger partial charge < -0.3 is 5.21 Å². The van der Waals surface area contributed by atoms with Gasteiger partial charge in [-0.3, -0.25) is 0 Å². The van der Waals surface area contributed by atoms with Crippen LogP contribution in [-0.4, -0.2) is 5.21 Å². The van der Waals surface area contributed by atoms with Gasteiger partial charge in [0.2, 0.25) is 0 Å². The second-order valence-electron chi connectivity index (χ2n) is 4.53. The molecule has 0 heterocycles. The van der Waals surface area contributed by atoms with E-state index in [-0.39, 0.29) is 5.82 Å². The van der Waals surface area contributed by atoms with E-state index in [0.29, 0.717) is 12.5 Å². The lowest BCUT2D eigenvalue weighted by molar-refractivity contribution is 0.161. The van der Waals surface area contributed by atoms with E-state index in [4.69, 9.17) is 5.21 Å². The zero-order chi connectivity index (χ0) is 11.4. The smallest absolute Gasteiger partial charge is 0.127 e. The topological polar surface area (TPSA) is 32.3 Å². The Morgan fingerprint density at radius 1 is 1.25 bits per heavy atom. The summed E-state index contributed by atoms with van der Waals surface area (Å²) in [5.74, 6) is 0.268. The third-order valence-corrected chi connectivity index (χ3v) is 3.39. The van der Waals surface area contributed by atoms with Crippen molar-refractivity contribution in [3.05, 3.63) is 35.1 Å². The highest BCUT2D eigenvalue weighted by Crippen LogP contribution is 2.34. The summed E-state index contributed by atoms with van der Waals surface area (Å²) in [6.45, 7) is 0.294. The number of hydrogen-bond acceptors (Lipinski definition) is 2. The molecule has 0 amide bonds. The van der Waals surface area contributed by atoms with Gasteiger partial charge in [0.1, 0.15) is 5.82 Å². The molecule has 88 valence electrons. The Kier molecular flexibility index (Phi) is 3.91. The van der Waals surface area contributed by atoms with Crippen LogP contribution < -0.4 is 5.48 Å². The zero-order valence-corrected chi connectivity index (χ0v) is 9.38. The maximum Gasteiger partial charge on any atom is 0.127 e. The van der Waals surface area contributed by atoms with E-state index in [0.717, 1.165) is 24.0 Å². The second kappa shape index (κ2) is 5.41. The molecule has 0 unspecified atom stereocenters. The van der Waals surface area contributed by atoms with Crippen LogP contribution in [0.2, 0.25) is 0 Å². The van der Waals surface area contributed by atoms with E-state index in [2.05, 4.69) is 0 Å². The van der Waals surface area contributed by atoms with E-state index in [1.165, 1.54) is 25.3 Å². The van der Waals surface area contributed by atoms with Gasteiger partial charge in [0.05, 0.1) is 0 Å². The van der Waals surface area contributed by atoms with Crippen molar-refractivity contribution in [3.63, 3.8) is 0 Å². The van der Waals surface area contributed by atoms with Crippen molar-refractivity contribution < 1.29 is 9.60 Å². The second-order valence-corrected chi connectivity index (χ2v) is 4.53. The van der Waals surface area contributed by atoms with Gasteiger partial charge in [-0.1, -0.05) is 31.4 Å². The quantitative estimate of drug-likeness (QED) is 0.770. The highest BCUT2D eigenvalue weighted by Gasteiger charge is 2.18. The van der Waals surface area contributed by atoms with Crippen LogP contribution in [0.1, 0.15) is 49.1 Å². The largest absolute Gasteiger partial charge is 0.316 e.